The Hall–Kier alpha value is -3.04. The molecule has 3 unspecified atom stereocenters. The van der Waals surface area contributed by atoms with Crippen molar-refractivity contribution in [3.05, 3.63) is 107 Å². The number of aliphatic hydroxyl groups is 1. The third-order valence-corrected chi connectivity index (χ3v) is 18.5. The molecular formula is C52H69F5NO8PS. The number of phosphoric ester groups is 1. The monoisotopic (exact) mass is 993 g/mol. The zero-order valence-corrected chi connectivity index (χ0v) is 40.9. The maximum absolute atomic E-state index is 14.4. The van der Waals surface area contributed by atoms with E-state index in [4.69, 9.17) is 13.6 Å². The van der Waals surface area contributed by atoms with Crippen LogP contribution in [0.1, 0.15) is 149 Å². The lowest BCUT2D eigenvalue weighted by molar-refractivity contribution is -0.284. The molecule has 2 N–H and O–H groups in total. The fourth-order valence-corrected chi connectivity index (χ4v) is 14.4. The van der Waals surface area contributed by atoms with Crippen molar-refractivity contribution in [2.75, 3.05) is 18.1 Å². The third-order valence-electron chi connectivity index (χ3n) is 15.5. The van der Waals surface area contributed by atoms with Crippen LogP contribution in [0.5, 0.6) is 0 Å². The van der Waals surface area contributed by atoms with Gasteiger partial charge in [-0.15, -0.1) is 0 Å². The number of aliphatic hydroxyl groups excluding tert-OH is 1. The minimum absolute atomic E-state index is 0.0151. The van der Waals surface area contributed by atoms with Crippen molar-refractivity contribution in [3.8, 4) is 0 Å². The molecule has 1 saturated heterocycles. The summed E-state index contributed by atoms with van der Waals surface area (Å²) < 4.78 is 108. The van der Waals surface area contributed by atoms with Crippen molar-refractivity contribution in [2.45, 2.75) is 166 Å². The number of amides is 1. The Labute approximate surface area is 401 Å². The van der Waals surface area contributed by atoms with E-state index in [1.807, 2.05) is 60.7 Å². The van der Waals surface area contributed by atoms with E-state index in [1.165, 1.54) is 16.0 Å². The van der Waals surface area contributed by atoms with Gasteiger partial charge in [-0.2, -0.15) is 22.0 Å². The smallest absolute Gasteiger partial charge is 0.475 e. The van der Waals surface area contributed by atoms with Gasteiger partial charge in [-0.05, 0) is 128 Å². The minimum atomic E-state index is -5.58. The molecule has 0 spiro atoms. The maximum Gasteiger partial charge on any atom is 0.475 e. The molecule has 376 valence electrons. The lowest BCUT2D eigenvalue weighted by Gasteiger charge is -2.53. The number of fused-ring (bicyclic) bond motifs is 5. The van der Waals surface area contributed by atoms with E-state index in [9.17, 15) is 46.1 Å². The minimum Gasteiger partial charge on any atom is -0.616 e. The topological polar surface area (TPSA) is 129 Å². The fraction of sp³-hybridized carbons (Fsp3) is 0.635. The molecule has 9 atom stereocenters. The summed E-state index contributed by atoms with van der Waals surface area (Å²) in [5.74, 6) is -3.00. The number of piperidine rings is 1. The van der Waals surface area contributed by atoms with E-state index in [0.29, 0.717) is 42.3 Å². The summed E-state index contributed by atoms with van der Waals surface area (Å²) in [5.41, 5.74) is 4.97. The van der Waals surface area contributed by atoms with Gasteiger partial charge in [-0.1, -0.05) is 129 Å². The van der Waals surface area contributed by atoms with Crippen molar-refractivity contribution in [3.63, 3.8) is 0 Å². The van der Waals surface area contributed by atoms with Gasteiger partial charge in [0.15, 0.2) is 0 Å². The molecule has 0 bridgehead atoms. The zero-order chi connectivity index (χ0) is 48.5. The number of likely N-dealkylation sites (tertiary alicyclic amines) is 1. The standard InChI is InChI=1S/C52H69F5NO8PS/c1-50-28-25-44-43-22-21-39(46-34-42(26-29-58(46)49(60)61)66-67(62,64-35-37-16-9-7-10-17-37)65-36-38-18-11-8-12-19-38)32-41(43)33-40(48(44)45(50)23-24-47(50)59)20-13-5-3-2-4-6-14-30-68(63)31-15-27-51(53,54)52(55,56)57/h7-12,16-19,21-22,32,40,42,44-48,59H,2-6,13-15,20,23-31,33-36H2,1H3,(H,60,61)/t40-,42?,44-,45+,46?,47+,48-,50+,68?/m1/s1. The molecule has 1 aliphatic heterocycles. The molecule has 1 amide bonds. The summed E-state index contributed by atoms with van der Waals surface area (Å²) in [4.78, 5) is 14.3. The molecule has 3 aromatic rings. The van der Waals surface area contributed by atoms with E-state index in [-0.39, 0.29) is 43.5 Å². The highest BCUT2D eigenvalue weighted by Gasteiger charge is 2.58. The van der Waals surface area contributed by atoms with Gasteiger partial charge in [0.25, 0.3) is 0 Å². The van der Waals surface area contributed by atoms with Crippen LogP contribution in [0.2, 0.25) is 0 Å². The number of halogens is 5. The summed E-state index contributed by atoms with van der Waals surface area (Å²) in [6.07, 6.45) is 3.56. The highest BCUT2D eigenvalue weighted by molar-refractivity contribution is 7.91. The number of nitrogens with zero attached hydrogens (tertiary/aromatic N) is 1. The molecule has 3 aromatic carbocycles. The second kappa shape index (κ2) is 23.5. The van der Waals surface area contributed by atoms with Gasteiger partial charge in [0.05, 0.1) is 31.5 Å². The quantitative estimate of drug-likeness (QED) is 0.0416. The summed E-state index contributed by atoms with van der Waals surface area (Å²) in [7, 11) is -4.12. The molecule has 7 rings (SSSR count). The molecule has 3 fully saturated rings. The number of alkyl halides is 5. The van der Waals surface area contributed by atoms with Crippen LogP contribution in [0.4, 0.5) is 26.7 Å². The number of benzene rings is 3. The maximum atomic E-state index is 14.4. The van der Waals surface area contributed by atoms with Gasteiger partial charge in [0.1, 0.15) is 11.5 Å². The van der Waals surface area contributed by atoms with Crippen LogP contribution in [-0.2, 0) is 48.9 Å². The number of carboxylic acid groups (broad SMARTS) is 1. The van der Waals surface area contributed by atoms with Crippen molar-refractivity contribution < 1.29 is 59.6 Å². The number of carbonyl (C=O) groups is 1. The van der Waals surface area contributed by atoms with Crippen molar-refractivity contribution in [2.24, 2.45) is 23.2 Å². The Morgan fingerprint density at radius 3 is 2.09 bits per heavy atom. The average Bonchev–Trinajstić information content (AvgIpc) is 3.62. The first-order valence-electron chi connectivity index (χ1n) is 24.7. The van der Waals surface area contributed by atoms with Crippen molar-refractivity contribution in [1.82, 2.24) is 4.90 Å². The Bertz CT molecular complexity index is 2070. The first-order chi connectivity index (χ1) is 32.5. The third kappa shape index (κ3) is 13.3. The Balaban J connectivity index is 0.978. The molecule has 0 radical (unpaired) electrons. The van der Waals surface area contributed by atoms with Gasteiger partial charge < -0.3 is 19.7 Å². The Morgan fingerprint density at radius 1 is 0.838 bits per heavy atom. The summed E-state index contributed by atoms with van der Waals surface area (Å²) in [5, 5.41) is 21.7. The average molecular weight is 994 g/mol. The highest BCUT2D eigenvalue weighted by Crippen LogP contribution is 2.63. The predicted molar refractivity (Wildman–Crippen MR) is 253 cm³/mol. The normalized spacial score (nSPS) is 26.8. The highest BCUT2D eigenvalue weighted by atomic mass is 32.2. The SMILES string of the molecule is C[C@]12CC[C@@H]3c4ccc(C5CC(OP(=O)(OCc6ccccc6)OCc6ccccc6)CCN5C(=O)O)cc4C[C@@H](CCCCCCCCC[S+]([O-])CCCC(F)(F)C(F)(F)F)[C@H]3[C@@H]1CC[C@@H]2O. The fourth-order valence-electron chi connectivity index (χ4n) is 11.8. The first-order valence-corrected chi connectivity index (χ1v) is 27.7. The van der Waals surface area contributed by atoms with E-state index < -0.39 is 62.2 Å². The zero-order valence-electron chi connectivity index (χ0n) is 39.1. The molecule has 16 heteroatoms. The van der Waals surface area contributed by atoms with Crippen LogP contribution in [0.3, 0.4) is 0 Å². The van der Waals surface area contributed by atoms with Crippen LogP contribution in [0.15, 0.2) is 78.9 Å². The molecule has 2 saturated carbocycles. The van der Waals surface area contributed by atoms with E-state index in [1.54, 1.807) is 0 Å². The van der Waals surface area contributed by atoms with Gasteiger partial charge in [0, 0.05) is 13.0 Å². The second-order valence-electron chi connectivity index (χ2n) is 20.0. The molecule has 9 nitrogen and oxygen atoms in total. The van der Waals surface area contributed by atoms with Gasteiger partial charge in [0.2, 0.25) is 0 Å². The second-order valence-corrected chi connectivity index (χ2v) is 23.3. The summed E-state index contributed by atoms with van der Waals surface area (Å²) >= 11 is -1.42. The lowest BCUT2D eigenvalue weighted by atomic mass is 9.52. The Morgan fingerprint density at radius 2 is 1.46 bits per heavy atom. The number of hydrogen-bond acceptors (Lipinski definition) is 7. The van der Waals surface area contributed by atoms with Crippen LogP contribution >= 0.6 is 7.82 Å². The largest absolute Gasteiger partial charge is 0.616 e. The van der Waals surface area contributed by atoms with Crippen LogP contribution in [0.25, 0.3) is 0 Å². The predicted octanol–water partition coefficient (Wildman–Crippen LogP) is 13.7. The number of phosphoric acid groups is 1. The van der Waals surface area contributed by atoms with Crippen LogP contribution in [-0.4, -0.2) is 68.1 Å². The molecule has 1 heterocycles. The van der Waals surface area contributed by atoms with Crippen molar-refractivity contribution >= 4 is 25.1 Å². The molecular weight excluding hydrogens is 925 g/mol. The first kappa shape index (κ1) is 52.8. The molecule has 3 aliphatic carbocycles. The van der Waals surface area contributed by atoms with Gasteiger partial charge >= 0.3 is 26.0 Å². The number of rotatable bonds is 23. The van der Waals surface area contributed by atoms with E-state index in [2.05, 4.69) is 25.1 Å². The van der Waals surface area contributed by atoms with Crippen molar-refractivity contribution in [1.29, 1.82) is 0 Å². The van der Waals surface area contributed by atoms with Gasteiger partial charge in [-0.25, -0.2) is 9.36 Å². The lowest BCUT2D eigenvalue weighted by Crippen LogP contribution is -2.47. The van der Waals surface area contributed by atoms with Gasteiger partial charge in [-0.3, -0.25) is 13.6 Å². The molecule has 0 aromatic heterocycles. The van der Waals surface area contributed by atoms with Crippen LogP contribution < -0.4 is 0 Å². The summed E-state index contributed by atoms with van der Waals surface area (Å²) in [6.45, 7) is 2.50. The van der Waals surface area contributed by atoms with Crippen LogP contribution in [0, 0.1) is 23.2 Å². The Kier molecular flexibility index (Phi) is 18.2. The molecule has 68 heavy (non-hydrogen) atoms. The van der Waals surface area contributed by atoms with E-state index in [0.717, 1.165) is 93.7 Å². The number of hydrogen-bond donors (Lipinski definition) is 2. The van der Waals surface area contributed by atoms with E-state index >= 15 is 0 Å². The molecule has 4 aliphatic rings. The summed E-state index contributed by atoms with van der Waals surface area (Å²) in [6, 6.07) is 24.7. The number of unbranched alkanes of at least 4 members (excludes halogenated alkanes) is 6.